The molecule has 4 heteroatoms. The molecule has 4 nitrogen and oxygen atoms in total. The third-order valence-electron chi connectivity index (χ3n) is 2.48. The van der Waals surface area contributed by atoms with Crippen LogP contribution in [-0.4, -0.2) is 36.7 Å². The highest BCUT2D eigenvalue weighted by molar-refractivity contribution is 5.80. The van der Waals surface area contributed by atoms with E-state index in [1.807, 2.05) is 38.2 Å². The van der Waals surface area contributed by atoms with Crippen LogP contribution in [0.2, 0.25) is 0 Å². The number of ether oxygens (including phenoxy) is 1. The molecule has 0 saturated heterocycles. The van der Waals surface area contributed by atoms with E-state index in [0.29, 0.717) is 6.54 Å². The van der Waals surface area contributed by atoms with E-state index in [-0.39, 0.29) is 0 Å². The summed E-state index contributed by atoms with van der Waals surface area (Å²) in [4.78, 5) is 12.6. The van der Waals surface area contributed by atoms with Gasteiger partial charge in [0.15, 0.2) is 0 Å². The minimum absolute atomic E-state index is 0.628. The van der Waals surface area contributed by atoms with Crippen molar-refractivity contribution in [3.05, 3.63) is 41.5 Å². The van der Waals surface area contributed by atoms with Gasteiger partial charge in [-0.2, -0.15) is 0 Å². The molecule has 1 rings (SSSR count). The minimum Gasteiger partial charge on any atom is -0.497 e. The van der Waals surface area contributed by atoms with Gasteiger partial charge in [0.05, 0.1) is 7.11 Å². The Morgan fingerprint density at radius 2 is 2.22 bits per heavy atom. The lowest BCUT2D eigenvalue weighted by molar-refractivity contribution is -0.131. The number of carboxylic acids is 1. The van der Waals surface area contributed by atoms with Crippen LogP contribution in [-0.2, 0) is 11.3 Å². The molecule has 1 N–H and O–H groups in total. The molecule has 1 aromatic carbocycles. The van der Waals surface area contributed by atoms with Gasteiger partial charge in [-0.25, -0.2) is 4.79 Å². The summed E-state index contributed by atoms with van der Waals surface area (Å²) in [5.74, 6) is -0.0685. The Morgan fingerprint density at radius 1 is 1.50 bits per heavy atom. The van der Waals surface area contributed by atoms with Crippen LogP contribution in [0.25, 0.3) is 0 Å². The van der Waals surface area contributed by atoms with Crippen LogP contribution in [0.4, 0.5) is 0 Å². The van der Waals surface area contributed by atoms with E-state index >= 15 is 0 Å². The topological polar surface area (TPSA) is 49.8 Å². The van der Waals surface area contributed by atoms with Gasteiger partial charge in [-0.15, -0.1) is 0 Å². The van der Waals surface area contributed by atoms with Crippen molar-refractivity contribution in [2.45, 2.75) is 13.5 Å². The third kappa shape index (κ3) is 5.01. The van der Waals surface area contributed by atoms with Crippen molar-refractivity contribution in [1.29, 1.82) is 0 Å². The molecule has 0 radical (unpaired) electrons. The summed E-state index contributed by atoms with van der Waals surface area (Å²) in [5, 5.41) is 8.64. The lowest BCUT2D eigenvalue weighted by Crippen LogP contribution is -2.20. The van der Waals surface area contributed by atoms with E-state index in [4.69, 9.17) is 9.84 Å². The highest BCUT2D eigenvalue weighted by atomic mass is 16.5. The van der Waals surface area contributed by atoms with Gasteiger partial charge in [0.2, 0.25) is 0 Å². The van der Waals surface area contributed by atoms with Crippen molar-refractivity contribution in [2.24, 2.45) is 0 Å². The molecular weight excluding hydrogens is 230 g/mol. The van der Waals surface area contributed by atoms with Crippen LogP contribution in [0.1, 0.15) is 12.5 Å². The van der Waals surface area contributed by atoms with Crippen LogP contribution in [0.15, 0.2) is 35.9 Å². The molecule has 0 aromatic heterocycles. The van der Waals surface area contributed by atoms with Crippen molar-refractivity contribution < 1.29 is 14.6 Å². The number of aliphatic carboxylic acids is 1. The highest BCUT2D eigenvalue weighted by Crippen LogP contribution is 2.14. The first kappa shape index (κ1) is 14.3. The molecule has 0 atom stereocenters. The quantitative estimate of drug-likeness (QED) is 0.785. The van der Waals surface area contributed by atoms with E-state index in [1.54, 1.807) is 7.11 Å². The van der Waals surface area contributed by atoms with Crippen molar-refractivity contribution in [2.75, 3.05) is 20.7 Å². The molecule has 0 fully saturated rings. The summed E-state index contributed by atoms with van der Waals surface area (Å²) in [6, 6.07) is 7.85. The second kappa shape index (κ2) is 6.81. The fraction of sp³-hybridized carbons (Fsp3) is 0.357. The van der Waals surface area contributed by atoms with Crippen molar-refractivity contribution in [3.63, 3.8) is 0 Å². The summed E-state index contributed by atoms with van der Waals surface area (Å²) in [7, 11) is 3.60. The number of benzene rings is 1. The zero-order valence-electron chi connectivity index (χ0n) is 11.0. The molecule has 0 heterocycles. The normalized spacial score (nSPS) is 11.7. The van der Waals surface area contributed by atoms with Crippen LogP contribution < -0.4 is 4.74 Å². The Balaban J connectivity index is 2.58. The van der Waals surface area contributed by atoms with Gasteiger partial charge in [-0.1, -0.05) is 17.7 Å². The molecule has 0 amide bonds. The summed E-state index contributed by atoms with van der Waals surface area (Å²) in [6.07, 6.45) is 1.24. The number of hydrogen-bond acceptors (Lipinski definition) is 3. The molecule has 0 aliphatic carbocycles. The minimum atomic E-state index is -0.901. The van der Waals surface area contributed by atoms with E-state index in [9.17, 15) is 4.79 Å². The van der Waals surface area contributed by atoms with Crippen molar-refractivity contribution >= 4 is 5.97 Å². The number of hydrogen-bond donors (Lipinski definition) is 1. The number of rotatable bonds is 6. The molecule has 0 saturated carbocycles. The van der Waals surface area contributed by atoms with E-state index in [2.05, 4.69) is 4.90 Å². The maximum absolute atomic E-state index is 10.5. The van der Waals surface area contributed by atoms with Gasteiger partial charge in [-0.05, 0) is 31.7 Å². The predicted octanol–water partition coefficient (Wildman–Crippen LogP) is 2.16. The highest BCUT2D eigenvalue weighted by Gasteiger charge is 2.03. The van der Waals surface area contributed by atoms with Crippen LogP contribution in [0, 0.1) is 0 Å². The molecular formula is C14H19NO3. The monoisotopic (exact) mass is 249 g/mol. The van der Waals surface area contributed by atoms with E-state index in [1.165, 1.54) is 6.08 Å². The zero-order chi connectivity index (χ0) is 13.5. The molecule has 0 aliphatic rings. The summed E-state index contributed by atoms with van der Waals surface area (Å²) in [6.45, 7) is 3.20. The average molecular weight is 249 g/mol. The van der Waals surface area contributed by atoms with Gasteiger partial charge in [0.1, 0.15) is 5.75 Å². The molecule has 0 bridgehead atoms. The van der Waals surface area contributed by atoms with Crippen LogP contribution in [0.5, 0.6) is 5.75 Å². The SMILES string of the molecule is COc1cccc(CN(C)C/C(C)=C/C(=O)O)c1. The average Bonchev–Trinajstić information content (AvgIpc) is 2.27. The standard InChI is InChI=1S/C14H19NO3/c1-11(7-14(16)17)9-15(2)10-12-5-4-6-13(8-12)18-3/h4-8H,9-10H2,1-3H3,(H,16,17)/b11-7+. The molecule has 18 heavy (non-hydrogen) atoms. The van der Waals surface area contributed by atoms with Crippen LogP contribution >= 0.6 is 0 Å². The van der Waals surface area contributed by atoms with Crippen molar-refractivity contribution in [3.8, 4) is 5.75 Å². The lowest BCUT2D eigenvalue weighted by Gasteiger charge is -2.17. The fourth-order valence-electron chi connectivity index (χ4n) is 1.82. The maximum atomic E-state index is 10.5. The number of likely N-dealkylation sites (N-methyl/N-ethyl adjacent to an activating group) is 1. The largest absolute Gasteiger partial charge is 0.497 e. The van der Waals surface area contributed by atoms with E-state index < -0.39 is 5.97 Å². The Bertz CT molecular complexity index is 440. The van der Waals surface area contributed by atoms with Gasteiger partial charge in [0, 0.05) is 19.2 Å². The zero-order valence-corrected chi connectivity index (χ0v) is 11.0. The van der Waals surface area contributed by atoms with Gasteiger partial charge < -0.3 is 9.84 Å². The first-order valence-electron chi connectivity index (χ1n) is 5.73. The lowest BCUT2D eigenvalue weighted by atomic mass is 10.2. The Kier molecular flexibility index (Phi) is 5.39. The molecule has 98 valence electrons. The number of methoxy groups -OCH3 is 1. The maximum Gasteiger partial charge on any atom is 0.328 e. The smallest absolute Gasteiger partial charge is 0.328 e. The van der Waals surface area contributed by atoms with Gasteiger partial charge >= 0.3 is 5.97 Å². The second-order valence-electron chi connectivity index (χ2n) is 4.35. The third-order valence-corrected chi connectivity index (χ3v) is 2.48. The predicted molar refractivity (Wildman–Crippen MR) is 70.7 cm³/mol. The molecule has 1 aromatic rings. The van der Waals surface area contributed by atoms with Gasteiger partial charge in [0.25, 0.3) is 0 Å². The Morgan fingerprint density at radius 3 is 2.83 bits per heavy atom. The Labute approximate surface area is 107 Å². The number of carbonyl (C=O) groups is 1. The number of nitrogens with zero attached hydrogens (tertiary/aromatic N) is 1. The number of carboxylic acid groups (broad SMARTS) is 1. The fourth-order valence-corrected chi connectivity index (χ4v) is 1.82. The summed E-state index contributed by atoms with van der Waals surface area (Å²) in [5.41, 5.74) is 1.97. The molecule has 0 unspecified atom stereocenters. The van der Waals surface area contributed by atoms with Gasteiger partial charge in [-0.3, -0.25) is 4.90 Å². The molecule has 0 spiro atoms. The summed E-state index contributed by atoms with van der Waals surface area (Å²) < 4.78 is 5.16. The molecule has 0 aliphatic heterocycles. The second-order valence-corrected chi connectivity index (χ2v) is 4.35. The van der Waals surface area contributed by atoms with E-state index in [0.717, 1.165) is 23.4 Å². The summed E-state index contributed by atoms with van der Waals surface area (Å²) >= 11 is 0. The Hall–Kier alpha value is -1.81. The van der Waals surface area contributed by atoms with Crippen LogP contribution in [0.3, 0.4) is 0 Å². The van der Waals surface area contributed by atoms with Crippen molar-refractivity contribution in [1.82, 2.24) is 4.90 Å². The first-order chi connectivity index (χ1) is 8.51. The first-order valence-corrected chi connectivity index (χ1v) is 5.73.